The fourth-order valence-electron chi connectivity index (χ4n) is 4.19. The Morgan fingerprint density at radius 3 is 2.02 bits per heavy atom. The van der Waals surface area contributed by atoms with Gasteiger partial charge in [0.25, 0.3) is 0 Å². The van der Waals surface area contributed by atoms with Crippen LogP contribution in [0.2, 0.25) is 0 Å². The number of rotatable bonds is 13. The highest BCUT2D eigenvalue weighted by Gasteiger charge is 2.28. The number of aryl methyl sites for hydroxylation is 1. The van der Waals surface area contributed by atoms with Crippen molar-refractivity contribution in [3.63, 3.8) is 0 Å². The Hall–Kier alpha value is -5.13. The molecule has 3 aromatic carbocycles. The number of nitrogens with one attached hydrogen (secondary N) is 2. The van der Waals surface area contributed by atoms with Crippen LogP contribution in [0.4, 0.5) is 26.2 Å². The van der Waals surface area contributed by atoms with Crippen molar-refractivity contribution in [3.05, 3.63) is 89.8 Å². The molecule has 0 saturated carbocycles. The third-order valence-electron chi connectivity index (χ3n) is 6.32. The maximum Gasteiger partial charge on any atom is 0.320 e. The first-order chi connectivity index (χ1) is 20.8. The molecule has 0 fully saturated rings. The molecule has 0 aliphatic heterocycles. The van der Waals surface area contributed by atoms with Gasteiger partial charge >= 0.3 is 29.8 Å². The van der Waals surface area contributed by atoms with Gasteiger partial charge in [0.15, 0.2) is 17.6 Å². The van der Waals surface area contributed by atoms with E-state index in [1.54, 1.807) is 26.0 Å². The lowest BCUT2D eigenvalue weighted by molar-refractivity contribution is -0.161. The smallest absolute Gasteiger partial charge is 0.320 e. The molecule has 0 aliphatic rings. The van der Waals surface area contributed by atoms with Gasteiger partial charge in [0.2, 0.25) is 0 Å². The molecular formula is C31H30F2N4O6. The Kier molecular flexibility index (Phi) is 10.5. The van der Waals surface area contributed by atoms with Crippen LogP contribution in [0.1, 0.15) is 42.9 Å². The maximum absolute atomic E-state index is 13.4. The van der Waals surface area contributed by atoms with E-state index in [4.69, 9.17) is 13.9 Å². The van der Waals surface area contributed by atoms with Crippen molar-refractivity contribution < 1.29 is 37.1 Å². The second-order valence-electron chi connectivity index (χ2n) is 9.34. The predicted molar refractivity (Wildman–Crippen MR) is 153 cm³/mol. The quantitative estimate of drug-likeness (QED) is 0.140. The molecule has 12 heteroatoms. The van der Waals surface area contributed by atoms with Gasteiger partial charge in [0.1, 0.15) is 0 Å². The van der Waals surface area contributed by atoms with Crippen LogP contribution in [0, 0.1) is 17.6 Å². The molecule has 4 rings (SSSR count). The summed E-state index contributed by atoms with van der Waals surface area (Å²) in [6.07, 6.45) is 1.62. The van der Waals surface area contributed by atoms with Gasteiger partial charge in [-0.3, -0.25) is 14.4 Å². The molecule has 0 atom stereocenters. The number of esters is 2. The first-order valence-corrected chi connectivity index (χ1v) is 13.7. The minimum atomic E-state index is -1.05. The van der Waals surface area contributed by atoms with E-state index in [0.717, 1.165) is 28.8 Å². The van der Waals surface area contributed by atoms with Crippen molar-refractivity contribution in [2.24, 2.45) is 5.92 Å². The molecule has 0 bridgehead atoms. The van der Waals surface area contributed by atoms with Crippen LogP contribution < -0.4 is 10.6 Å². The lowest BCUT2D eigenvalue weighted by Crippen LogP contribution is -2.28. The zero-order valence-corrected chi connectivity index (χ0v) is 23.6. The molecule has 0 aliphatic carbocycles. The Balaban J connectivity index is 1.29. The van der Waals surface area contributed by atoms with E-state index in [1.807, 2.05) is 36.4 Å². The van der Waals surface area contributed by atoms with E-state index in [2.05, 4.69) is 20.8 Å². The number of benzene rings is 3. The number of hydrogen-bond acceptors (Lipinski definition) is 9. The molecule has 1 aromatic heterocycles. The number of hydrogen-bond donors (Lipinski definition) is 2. The second-order valence-corrected chi connectivity index (χ2v) is 9.34. The van der Waals surface area contributed by atoms with Crippen molar-refractivity contribution in [1.29, 1.82) is 0 Å². The van der Waals surface area contributed by atoms with Crippen LogP contribution in [-0.2, 0) is 25.5 Å². The van der Waals surface area contributed by atoms with Crippen LogP contribution in [0.3, 0.4) is 0 Å². The number of ether oxygens (including phenoxy) is 2. The Labute approximate surface area is 246 Å². The van der Waals surface area contributed by atoms with Crippen LogP contribution in [0.25, 0.3) is 11.1 Å². The highest BCUT2D eigenvalue weighted by Crippen LogP contribution is 2.24. The van der Waals surface area contributed by atoms with E-state index < -0.39 is 35.4 Å². The van der Waals surface area contributed by atoms with Crippen molar-refractivity contribution in [2.45, 2.75) is 33.1 Å². The van der Waals surface area contributed by atoms with Crippen LogP contribution in [0.15, 0.2) is 71.1 Å². The van der Waals surface area contributed by atoms with Crippen molar-refractivity contribution in [3.8, 4) is 11.1 Å². The topological polar surface area (TPSA) is 133 Å². The fraction of sp³-hybridized carbons (Fsp3) is 0.258. The number of nitrogens with zero attached hydrogens (tertiary/aromatic N) is 2. The standard InChI is InChI=1S/C31H30F2N4O6/c1-3-41-29(39)24(30(40)42-4-2)7-5-6-19-8-10-20(11-9-19)21-12-14-22(15-13-21)34-27(38)28-36-37-31(43-28)35-23-16-17-25(32)26(33)18-23/h8-18,24H,3-7H2,1-2H3,(H,34,38)(H,35,37). The lowest BCUT2D eigenvalue weighted by atomic mass is 9.98. The van der Waals surface area contributed by atoms with Gasteiger partial charge < -0.3 is 24.5 Å². The summed E-state index contributed by atoms with van der Waals surface area (Å²) in [5.41, 5.74) is 3.61. The molecular weight excluding hydrogens is 562 g/mol. The van der Waals surface area contributed by atoms with E-state index >= 15 is 0 Å². The monoisotopic (exact) mass is 592 g/mol. The zero-order valence-electron chi connectivity index (χ0n) is 23.6. The van der Waals surface area contributed by atoms with Gasteiger partial charge in [0, 0.05) is 17.4 Å². The molecule has 0 radical (unpaired) electrons. The Bertz CT molecular complexity index is 1540. The Morgan fingerprint density at radius 1 is 0.814 bits per heavy atom. The first kappa shape index (κ1) is 30.8. The fourth-order valence-corrected chi connectivity index (χ4v) is 4.19. The molecule has 0 spiro atoms. The highest BCUT2D eigenvalue weighted by atomic mass is 19.2. The summed E-state index contributed by atoms with van der Waals surface area (Å²) in [5.74, 6) is -5.05. The largest absolute Gasteiger partial charge is 0.465 e. The van der Waals surface area contributed by atoms with Gasteiger partial charge in [-0.25, -0.2) is 8.78 Å². The normalized spacial score (nSPS) is 10.8. The molecule has 0 unspecified atom stereocenters. The van der Waals surface area contributed by atoms with Gasteiger partial charge in [-0.1, -0.05) is 41.5 Å². The van der Waals surface area contributed by atoms with Crippen molar-refractivity contribution in [1.82, 2.24) is 10.2 Å². The summed E-state index contributed by atoms with van der Waals surface area (Å²) >= 11 is 0. The number of carbonyl (C=O) groups excluding carboxylic acids is 3. The summed E-state index contributed by atoms with van der Waals surface area (Å²) in [5, 5.41) is 12.7. The van der Waals surface area contributed by atoms with Crippen LogP contribution >= 0.6 is 0 Å². The minimum absolute atomic E-state index is 0.159. The third-order valence-corrected chi connectivity index (χ3v) is 6.32. The minimum Gasteiger partial charge on any atom is -0.465 e. The van der Waals surface area contributed by atoms with E-state index in [0.29, 0.717) is 24.9 Å². The number of halogens is 2. The zero-order chi connectivity index (χ0) is 30.8. The van der Waals surface area contributed by atoms with Crippen LogP contribution in [-0.4, -0.2) is 41.3 Å². The maximum atomic E-state index is 13.4. The van der Waals surface area contributed by atoms with Gasteiger partial charge in [-0.15, -0.1) is 5.10 Å². The number of carbonyl (C=O) groups is 3. The summed E-state index contributed by atoms with van der Waals surface area (Å²) < 4.78 is 41.8. The van der Waals surface area contributed by atoms with Crippen molar-refractivity contribution in [2.75, 3.05) is 23.8 Å². The van der Waals surface area contributed by atoms with Gasteiger partial charge in [-0.05, 0) is 74.1 Å². The third kappa shape index (κ3) is 8.44. The molecule has 1 amide bonds. The average Bonchev–Trinajstić information content (AvgIpc) is 3.47. The Morgan fingerprint density at radius 2 is 1.42 bits per heavy atom. The molecule has 224 valence electrons. The summed E-state index contributed by atoms with van der Waals surface area (Å²) in [7, 11) is 0. The molecule has 0 saturated heterocycles. The molecule has 10 nitrogen and oxygen atoms in total. The summed E-state index contributed by atoms with van der Waals surface area (Å²) in [6, 6.07) is 18.0. The van der Waals surface area contributed by atoms with E-state index in [9.17, 15) is 23.2 Å². The SMILES string of the molecule is CCOC(=O)C(CCCc1ccc(-c2ccc(NC(=O)c3nnc(Nc4ccc(F)c(F)c4)o3)cc2)cc1)C(=O)OCC. The molecule has 43 heavy (non-hydrogen) atoms. The molecule has 4 aromatic rings. The summed E-state index contributed by atoms with van der Waals surface area (Å²) in [6.45, 7) is 3.79. The average molecular weight is 593 g/mol. The lowest BCUT2D eigenvalue weighted by Gasteiger charge is -2.14. The first-order valence-electron chi connectivity index (χ1n) is 13.7. The van der Waals surface area contributed by atoms with Gasteiger partial charge in [0.05, 0.1) is 13.2 Å². The number of aromatic nitrogens is 2. The van der Waals surface area contributed by atoms with Crippen molar-refractivity contribution >= 4 is 35.2 Å². The van der Waals surface area contributed by atoms with Gasteiger partial charge in [-0.2, -0.15) is 0 Å². The van der Waals surface area contributed by atoms with Crippen LogP contribution in [0.5, 0.6) is 0 Å². The molecule has 2 N–H and O–H groups in total. The number of amides is 1. The van der Waals surface area contributed by atoms with E-state index in [1.165, 1.54) is 6.07 Å². The predicted octanol–water partition coefficient (Wildman–Crippen LogP) is 6.08. The summed E-state index contributed by atoms with van der Waals surface area (Å²) in [4.78, 5) is 36.9. The second kappa shape index (κ2) is 14.7. The highest BCUT2D eigenvalue weighted by molar-refractivity contribution is 6.01. The number of anilines is 3. The van der Waals surface area contributed by atoms with E-state index in [-0.39, 0.29) is 30.8 Å². The molecule has 1 heterocycles.